The normalized spacial score (nSPS) is 23.5. The molecule has 2 saturated heterocycles. The van der Waals surface area contributed by atoms with Crippen LogP contribution in [0, 0.1) is 12.8 Å². The lowest BCUT2D eigenvalue weighted by atomic mass is 10.0. The van der Waals surface area contributed by atoms with E-state index in [9.17, 15) is 13.2 Å². The van der Waals surface area contributed by atoms with E-state index in [0.29, 0.717) is 13.0 Å². The molecule has 0 bridgehead atoms. The van der Waals surface area contributed by atoms with Gasteiger partial charge in [0.05, 0.1) is 11.4 Å². The van der Waals surface area contributed by atoms with Crippen LogP contribution in [0.5, 0.6) is 0 Å². The number of hydrogen-bond donors (Lipinski definition) is 0. The van der Waals surface area contributed by atoms with Gasteiger partial charge in [-0.25, -0.2) is 8.42 Å². The van der Waals surface area contributed by atoms with E-state index in [2.05, 4.69) is 10.1 Å². The number of rotatable bonds is 6. The molecule has 1 unspecified atom stereocenters. The number of carbonyl (C=O) groups excluding carboxylic acids is 1. The van der Waals surface area contributed by atoms with Crippen molar-refractivity contribution >= 4 is 15.7 Å². The van der Waals surface area contributed by atoms with E-state index in [1.807, 2.05) is 17.9 Å². The molecule has 7 nitrogen and oxygen atoms in total. The van der Waals surface area contributed by atoms with Crippen LogP contribution in [0.25, 0.3) is 0 Å². The number of aromatic nitrogens is 1. The highest BCUT2D eigenvalue weighted by atomic mass is 32.2. The lowest BCUT2D eigenvalue weighted by Gasteiger charge is -2.36. The molecule has 2 fully saturated rings. The number of likely N-dealkylation sites (tertiary alicyclic amines) is 2. The van der Waals surface area contributed by atoms with Gasteiger partial charge in [-0.2, -0.15) is 0 Å². The second kappa shape index (κ2) is 7.45. The molecule has 0 saturated carbocycles. The minimum absolute atomic E-state index is 0.0461. The van der Waals surface area contributed by atoms with Crippen LogP contribution < -0.4 is 0 Å². The van der Waals surface area contributed by atoms with E-state index >= 15 is 0 Å². The van der Waals surface area contributed by atoms with Gasteiger partial charge in [0, 0.05) is 57.4 Å². The van der Waals surface area contributed by atoms with E-state index in [0.717, 1.165) is 50.4 Å². The quantitative estimate of drug-likeness (QED) is 0.740. The predicted octanol–water partition coefficient (Wildman–Crippen LogP) is 0.883. The van der Waals surface area contributed by atoms with E-state index in [1.54, 1.807) is 0 Å². The molecular weight excluding hydrogens is 342 g/mol. The Balaban J connectivity index is 1.45. The molecule has 0 aliphatic carbocycles. The van der Waals surface area contributed by atoms with Gasteiger partial charge in [-0.05, 0) is 25.7 Å². The first-order valence-electron chi connectivity index (χ1n) is 8.92. The number of sulfone groups is 1. The Morgan fingerprint density at radius 2 is 2.04 bits per heavy atom. The summed E-state index contributed by atoms with van der Waals surface area (Å²) < 4.78 is 28.2. The van der Waals surface area contributed by atoms with Crippen molar-refractivity contribution in [1.29, 1.82) is 0 Å². The highest BCUT2D eigenvalue weighted by Crippen LogP contribution is 2.26. The second-order valence-corrected chi connectivity index (χ2v) is 9.65. The average Bonchev–Trinajstić information content (AvgIpc) is 3.10. The number of carbonyl (C=O) groups is 1. The zero-order valence-electron chi connectivity index (χ0n) is 15.0. The minimum Gasteiger partial charge on any atom is -0.361 e. The van der Waals surface area contributed by atoms with Gasteiger partial charge < -0.3 is 14.3 Å². The summed E-state index contributed by atoms with van der Waals surface area (Å²) in [5.41, 5.74) is 0.907. The second-order valence-electron chi connectivity index (χ2n) is 7.47. The first-order valence-corrected chi connectivity index (χ1v) is 11.0. The summed E-state index contributed by atoms with van der Waals surface area (Å²) in [6.45, 7) is 5.36. The maximum absolute atomic E-state index is 12.3. The molecule has 140 valence electrons. The zero-order valence-corrected chi connectivity index (χ0v) is 15.8. The molecule has 0 spiro atoms. The Bertz CT molecular complexity index is 707. The highest BCUT2D eigenvalue weighted by Gasteiger charge is 2.36. The fourth-order valence-corrected chi connectivity index (χ4v) is 5.04. The molecule has 0 radical (unpaired) electrons. The summed E-state index contributed by atoms with van der Waals surface area (Å²) in [6, 6.07) is 2.22. The van der Waals surface area contributed by atoms with E-state index in [-0.39, 0.29) is 23.6 Å². The Labute approximate surface area is 149 Å². The van der Waals surface area contributed by atoms with Crippen molar-refractivity contribution in [2.75, 3.05) is 38.2 Å². The molecule has 1 atom stereocenters. The zero-order chi connectivity index (χ0) is 18.0. The lowest BCUT2D eigenvalue weighted by molar-refractivity contribution is -0.130. The highest BCUT2D eigenvalue weighted by molar-refractivity contribution is 7.90. The average molecular weight is 369 g/mol. The molecule has 0 aromatic carbocycles. The summed E-state index contributed by atoms with van der Waals surface area (Å²) in [5, 5.41) is 3.90. The van der Waals surface area contributed by atoms with Crippen LogP contribution in [0.2, 0.25) is 0 Å². The molecular formula is C17H27N3O4S. The Morgan fingerprint density at radius 3 is 2.64 bits per heavy atom. The van der Waals surface area contributed by atoms with Gasteiger partial charge >= 0.3 is 0 Å². The summed E-state index contributed by atoms with van der Waals surface area (Å²) >= 11 is 0. The molecule has 2 aliphatic heterocycles. The van der Waals surface area contributed by atoms with Crippen molar-refractivity contribution < 1.29 is 17.7 Å². The summed E-state index contributed by atoms with van der Waals surface area (Å²) in [6.07, 6.45) is 4.37. The smallest absolute Gasteiger partial charge is 0.223 e. The number of amides is 1. The summed E-state index contributed by atoms with van der Waals surface area (Å²) in [5.74, 6) is 1.10. The SMILES string of the molecule is Cc1cc(CCN2CCC(N3CC(CS(C)(=O)=O)CC3=O)CC2)on1. The molecule has 3 heterocycles. The fraction of sp³-hybridized carbons (Fsp3) is 0.765. The van der Waals surface area contributed by atoms with Gasteiger partial charge in [-0.15, -0.1) is 0 Å². The maximum Gasteiger partial charge on any atom is 0.223 e. The molecule has 3 rings (SSSR count). The van der Waals surface area contributed by atoms with Crippen molar-refractivity contribution in [3.05, 3.63) is 17.5 Å². The van der Waals surface area contributed by atoms with Crippen molar-refractivity contribution in [3.8, 4) is 0 Å². The molecule has 8 heteroatoms. The topological polar surface area (TPSA) is 83.7 Å². The van der Waals surface area contributed by atoms with Gasteiger partial charge in [0.15, 0.2) is 0 Å². The first-order chi connectivity index (χ1) is 11.8. The lowest BCUT2D eigenvalue weighted by Crippen LogP contribution is -2.46. The van der Waals surface area contributed by atoms with Crippen LogP contribution in [0.1, 0.15) is 30.7 Å². The van der Waals surface area contributed by atoms with Gasteiger partial charge in [0.1, 0.15) is 15.6 Å². The number of piperidine rings is 1. The first kappa shape index (κ1) is 18.4. The van der Waals surface area contributed by atoms with E-state index < -0.39 is 9.84 Å². The third kappa shape index (κ3) is 5.04. The van der Waals surface area contributed by atoms with Crippen molar-refractivity contribution in [3.63, 3.8) is 0 Å². The standard InChI is InChI=1S/C17H27N3O4S/c1-13-9-16(24-18-13)5-8-19-6-3-15(4-7-19)20-11-14(10-17(20)21)12-25(2,22)23/h9,14-15H,3-8,10-12H2,1-2H3. The van der Waals surface area contributed by atoms with Crippen molar-refractivity contribution in [1.82, 2.24) is 15.0 Å². The van der Waals surface area contributed by atoms with Crippen LogP contribution in [-0.4, -0.2) is 73.5 Å². The van der Waals surface area contributed by atoms with Crippen LogP contribution in [0.3, 0.4) is 0 Å². The third-order valence-corrected chi connectivity index (χ3v) is 6.20. The molecule has 1 aromatic rings. The predicted molar refractivity (Wildman–Crippen MR) is 93.9 cm³/mol. The van der Waals surface area contributed by atoms with Crippen LogP contribution in [0.15, 0.2) is 10.6 Å². The molecule has 25 heavy (non-hydrogen) atoms. The van der Waals surface area contributed by atoms with E-state index in [1.165, 1.54) is 6.26 Å². The Kier molecular flexibility index (Phi) is 5.48. The van der Waals surface area contributed by atoms with Gasteiger partial charge in [-0.1, -0.05) is 5.16 Å². The largest absolute Gasteiger partial charge is 0.361 e. The van der Waals surface area contributed by atoms with Crippen molar-refractivity contribution in [2.45, 2.75) is 38.6 Å². The van der Waals surface area contributed by atoms with Crippen LogP contribution in [0.4, 0.5) is 0 Å². The Hall–Kier alpha value is -1.41. The third-order valence-electron chi connectivity index (χ3n) is 5.13. The monoisotopic (exact) mass is 369 g/mol. The Morgan fingerprint density at radius 1 is 1.32 bits per heavy atom. The van der Waals surface area contributed by atoms with Crippen molar-refractivity contribution in [2.24, 2.45) is 5.92 Å². The number of aryl methyl sites for hydroxylation is 1. The van der Waals surface area contributed by atoms with Gasteiger partial charge in [0.2, 0.25) is 5.91 Å². The summed E-state index contributed by atoms with van der Waals surface area (Å²) in [7, 11) is -3.03. The van der Waals surface area contributed by atoms with E-state index in [4.69, 9.17) is 4.52 Å². The molecule has 0 N–H and O–H groups in total. The number of hydrogen-bond acceptors (Lipinski definition) is 6. The molecule has 1 aromatic heterocycles. The van der Waals surface area contributed by atoms with Gasteiger partial charge in [-0.3, -0.25) is 4.79 Å². The summed E-state index contributed by atoms with van der Waals surface area (Å²) in [4.78, 5) is 16.6. The molecule has 1 amide bonds. The maximum atomic E-state index is 12.3. The van der Waals surface area contributed by atoms with Crippen LogP contribution in [-0.2, 0) is 21.1 Å². The van der Waals surface area contributed by atoms with Crippen LogP contribution >= 0.6 is 0 Å². The molecule has 2 aliphatic rings. The minimum atomic E-state index is -3.03. The number of nitrogens with zero attached hydrogens (tertiary/aromatic N) is 3. The fourth-order valence-electron chi connectivity index (χ4n) is 3.96. The van der Waals surface area contributed by atoms with Gasteiger partial charge in [0.25, 0.3) is 0 Å².